The molecule has 6 heteroatoms. The molecule has 2 N–H and O–H groups in total. The third-order valence-corrected chi connectivity index (χ3v) is 1.60. The second-order valence-corrected chi connectivity index (χ2v) is 2.51. The highest BCUT2D eigenvalue weighted by atomic mass is 16.1. The molecular formula is C8H5N5O. The maximum absolute atomic E-state index is 11.4. The number of guanidine groups is 1. The van der Waals surface area contributed by atoms with Gasteiger partial charge in [-0.25, -0.2) is 0 Å². The van der Waals surface area contributed by atoms with Gasteiger partial charge in [0, 0.05) is 0 Å². The Hall–Kier alpha value is -2.29. The Bertz CT molecular complexity index is 498. The number of carbonyl (C=O) groups is 1. The standard InChI is InChI=1S/C8H5N5O/c1-2-3-4-5-6(13-12-4)10-8(9)11-7(5)14/h1H3,(H2,9,11,14). The van der Waals surface area contributed by atoms with Crippen LogP contribution in [-0.4, -0.2) is 17.7 Å². The maximum atomic E-state index is 11.4. The second kappa shape index (κ2) is 2.88. The van der Waals surface area contributed by atoms with Crippen LogP contribution in [0.25, 0.3) is 0 Å². The van der Waals surface area contributed by atoms with Crippen molar-refractivity contribution in [3.05, 3.63) is 11.3 Å². The van der Waals surface area contributed by atoms with Gasteiger partial charge < -0.3 is 5.73 Å². The summed E-state index contributed by atoms with van der Waals surface area (Å²) in [6, 6.07) is 0. The molecule has 0 aliphatic carbocycles. The molecule has 6 nitrogen and oxygen atoms in total. The van der Waals surface area contributed by atoms with E-state index in [2.05, 4.69) is 32.1 Å². The monoisotopic (exact) mass is 187 g/mol. The molecule has 2 aliphatic heterocycles. The quantitative estimate of drug-likeness (QED) is 0.540. The number of rotatable bonds is 0. The third-order valence-electron chi connectivity index (χ3n) is 1.60. The Balaban J connectivity index is 2.58. The van der Waals surface area contributed by atoms with Gasteiger partial charge in [-0.15, -0.1) is 10.2 Å². The maximum Gasteiger partial charge on any atom is 0.287 e. The van der Waals surface area contributed by atoms with E-state index < -0.39 is 5.91 Å². The molecule has 1 amide bonds. The van der Waals surface area contributed by atoms with Gasteiger partial charge in [0.1, 0.15) is 5.57 Å². The Morgan fingerprint density at radius 1 is 1.29 bits per heavy atom. The van der Waals surface area contributed by atoms with Crippen molar-refractivity contribution in [2.75, 3.05) is 0 Å². The van der Waals surface area contributed by atoms with Crippen molar-refractivity contribution in [2.24, 2.45) is 25.9 Å². The fourth-order valence-electron chi connectivity index (χ4n) is 1.08. The first-order valence-corrected chi connectivity index (χ1v) is 3.78. The zero-order chi connectivity index (χ0) is 10.1. The lowest BCUT2D eigenvalue weighted by Crippen LogP contribution is -2.22. The molecule has 0 bridgehead atoms. The number of aliphatic imine (C=N–C) groups is 2. The summed E-state index contributed by atoms with van der Waals surface area (Å²) in [6.07, 6.45) is 0. The van der Waals surface area contributed by atoms with Gasteiger partial charge in [0.15, 0.2) is 11.5 Å². The number of azo groups is 1. The summed E-state index contributed by atoms with van der Waals surface area (Å²) in [5, 5.41) is 7.38. The first-order valence-electron chi connectivity index (χ1n) is 3.78. The first kappa shape index (κ1) is 8.31. The van der Waals surface area contributed by atoms with Crippen LogP contribution in [0, 0.1) is 11.8 Å². The van der Waals surface area contributed by atoms with E-state index in [1.54, 1.807) is 6.92 Å². The Labute approximate surface area is 79.3 Å². The summed E-state index contributed by atoms with van der Waals surface area (Å²) in [5.41, 5.74) is 5.81. The van der Waals surface area contributed by atoms with E-state index in [9.17, 15) is 4.79 Å². The highest BCUT2D eigenvalue weighted by Gasteiger charge is 2.28. The fourth-order valence-corrected chi connectivity index (χ4v) is 1.08. The van der Waals surface area contributed by atoms with Crippen molar-refractivity contribution >= 4 is 17.7 Å². The Kier molecular flexibility index (Phi) is 1.71. The molecule has 0 radical (unpaired) electrons. The number of hydrogen-bond acceptors (Lipinski definition) is 5. The molecule has 68 valence electrons. The molecule has 2 rings (SSSR count). The van der Waals surface area contributed by atoms with Gasteiger partial charge in [-0.05, 0) is 12.8 Å². The lowest BCUT2D eigenvalue weighted by molar-refractivity contribution is -0.113. The summed E-state index contributed by atoms with van der Waals surface area (Å²) in [4.78, 5) is 18.6. The Morgan fingerprint density at radius 2 is 2.07 bits per heavy atom. The van der Waals surface area contributed by atoms with Gasteiger partial charge in [-0.3, -0.25) is 4.79 Å². The zero-order valence-corrected chi connectivity index (χ0v) is 7.27. The van der Waals surface area contributed by atoms with E-state index in [4.69, 9.17) is 5.73 Å². The summed E-state index contributed by atoms with van der Waals surface area (Å²) >= 11 is 0. The largest absolute Gasteiger partial charge is 0.368 e. The number of amidine groups is 1. The topological polar surface area (TPSA) is 92.5 Å². The van der Waals surface area contributed by atoms with Crippen LogP contribution in [-0.2, 0) is 4.79 Å². The van der Waals surface area contributed by atoms with E-state index in [-0.39, 0.29) is 17.4 Å². The van der Waals surface area contributed by atoms with Crippen LogP contribution in [0.4, 0.5) is 0 Å². The van der Waals surface area contributed by atoms with E-state index in [1.807, 2.05) is 0 Å². The molecule has 2 heterocycles. The number of allylic oxidation sites excluding steroid dienone is 1. The van der Waals surface area contributed by atoms with Crippen LogP contribution in [0.15, 0.2) is 31.5 Å². The minimum absolute atomic E-state index is 0.0987. The molecule has 0 unspecified atom stereocenters. The lowest BCUT2D eigenvalue weighted by Gasteiger charge is -2.02. The van der Waals surface area contributed by atoms with Gasteiger partial charge in [-0.2, -0.15) is 9.98 Å². The number of carbonyl (C=O) groups excluding carboxylic acids is 1. The average molecular weight is 187 g/mol. The van der Waals surface area contributed by atoms with Crippen molar-refractivity contribution in [3.63, 3.8) is 0 Å². The normalized spacial score (nSPS) is 18.5. The number of hydrogen-bond donors (Lipinski definition) is 1. The highest BCUT2D eigenvalue weighted by molar-refractivity contribution is 6.29. The smallest absolute Gasteiger partial charge is 0.287 e. The van der Waals surface area contributed by atoms with E-state index in [1.165, 1.54) is 0 Å². The number of fused-ring (bicyclic) bond motifs is 1. The van der Waals surface area contributed by atoms with Crippen molar-refractivity contribution in [1.29, 1.82) is 0 Å². The molecule has 0 spiro atoms. The summed E-state index contributed by atoms with van der Waals surface area (Å²) in [6.45, 7) is 1.64. The van der Waals surface area contributed by atoms with Gasteiger partial charge in [0.2, 0.25) is 5.96 Å². The van der Waals surface area contributed by atoms with Gasteiger partial charge in [0.25, 0.3) is 5.91 Å². The Morgan fingerprint density at radius 3 is 2.79 bits per heavy atom. The number of nitrogens with zero attached hydrogens (tertiary/aromatic N) is 4. The zero-order valence-electron chi connectivity index (χ0n) is 7.27. The van der Waals surface area contributed by atoms with Crippen LogP contribution >= 0.6 is 0 Å². The second-order valence-electron chi connectivity index (χ2n) is 2.51. The molecule has 14 heavy (non-hydrogen) atoms. The first-order chi connectivity index (χ1) is 6.72. The third kappa shape index (κ3) is 1.11. The molecule has 2 aliphatic rings. The number of nitrogens with two attached hydrogens (primary N) is 1. The van der Waals surface area contributed by atoms with Crippen LogP contribution in [0.5, 0.6) is 0 Å². The molecule has 0 aromatic carbocycles. The minimum atomic E-state index is -0.491. The minimum Gasteiger partial charge on any atom is -0.368 e. The average Bonchev–Trinajstić information content (AvgIpc) is 2.49. The van der Waals surface area contributed by atoms with Crippen LogP contribution < -0.4 is 5.73 Å². The van der Waals surface area contributed by atoms with E-state index in [0.29, 0.717) is 5.70 Å². The predicted octanol–water partition coefficient (Wildman–Crippen LogP) is -0.0170. The van der Waals surface area contributed by atoms with Crippen LogP contribution in [0.1, 0.15) is 6.92 Å². The predicted molar refractivity (Wildman–Crippen MR) is 49.4 cm³/mol. The van der Waals surface area contributed by atoms with Crippen molar-refractivity contribution in [2.45, 2.75) is 6.92 Å². The SMILES string of the molecule is CC#CC1=C2C(=O)N=C(N)N=C2N=N1. The molecule has 0 fully saturated rings. The van der Waals surface area contributed by atoms with E-state index >= 15 is 0 Å². The molecule has 0 saturated carbocycles. The number of amides is 1. The van der Waals surface area contributed by atoms with Gasteiger partial charge >= 0.3 is 0 Å². The summed E-state index contributed by atoms with van der Waals surface area (Å²) in [7, 11) is 0. The molecule has 0 atom stereocenters. The van der Waals surface area contributed by atoms with Crippen molar-refractivity contribution in [1.82, 2.24) is 0 Å². The van der Waals surface area contributed by atoms with Crippen LogP contribution in [0.2, 0.25) is 0 Å². The molecule has 0 aromatic rings. The van der Waals surface area contributed by atoms with Crippen LogP contribution in [0.3, 0.4) is 0 Å². The van der Waals surface area contributed by atoms with Crippen molar-refractivity contribution < 1.29 is 4.79 Å². The summed E-state index contributed by atoms with van der Waals surface area (Å²) < 4.78 is 0. The fraction of sp³-hybridized carbons (Fsp3) is 0.125. The van der Waals surface area contributed by atoms with Gasteiger partial charge in [0.05, 0.1) is 0 Å². The highest BCUT2D eigenvalue weighted by Crippen LogP contribution is 2.20. The van der Waals surface area contributed by atoms with Gasteiger partial charge in [-0.1, -0.05) is 5.92 Å². The lowest BCUT2D eigenvalue weighted by atomic mass is 10.2. The molecule has 0 aromatic heterocycles. The van der Waals surface area contributed by atoms with Crippen molar-refractivity contribution in [3.8, 4) is 11.8 Å². The molecular weight excluding hydrogens is 182 g/mol. The van der Waals surface area contributed by atoms with E-state index in [0.717, 1.165) is 0 Å². The summed E-state index contributed by atoms with van der Waals surface area (Å²) in [5.74, 6) is 4.88. The molecule has 0 saturated heterocycles.